The van der Waals surface area contributed by atoms with E-state index in [1.807, 2.05) is 24.3 Å². The fourth-order valence-electron chi connectivity index (χ4n) is 1.10. The number of nitrogen functional groups attached to an aromatic ring is 1. The lowest BCUT2D eigenvalue weighted by Crippen LogP contribution is -2.36. The maximum Gasteiger partial charge on any atom is 0.0578 e. The molecule has 0 bridgehead atoms. The molecule has 1 aromatic carbocycles. The molecule has 0 unspecified atom stereocenters. The van der Waals surface area contributed by atoms with Crippen molar-refractivity contribution < 1.29 is 0 Å². The maximum absolute atomic E-state index is 5.87. The van der Waals surface area contributed by atoms with Crippen LogP contribution in [-0.4, -0.2) is 5.54 Å². The topological polar surface area (TPSA) is 38.0 Å². The SMILES string of the molecule is CC(C)C(C)(C)Nc1ccccc1N. The van der Waals surface area contributed by atoms with Crippen molar-refractivity contribution in [2.75, 3.05) is 11.1 Å². The van der Waals surface area contributed by atoms with Gasteiger partial charge in [-0.2, -0.15) is 0 Å². The summed E-state index contributed by atoms with van der Waals surface area (Å²) in [5.74, 6) is 0.558. The summed E-state index contributed by atoms with van der Waals surface area (Å²) in [4.78, 5) is 0. The average Bonchev–Trinajstić information content (AvgIpc) is 2.08. The number of anilines is 2. The lowest BCUT2D eigenvalue weighted by molar-refractivity contribution is 0.408. The third-order valence-corrected chi connectivity index (χ3v) is 2.86. The fourth-order valence-corrected chi connectivity index (χ4v) is 1.10. The highest BCUT2D eigenvalue weighted by Gasteiger charge is 2.22. The van der Waals surface area contributed by atoms with Crippen LogP contribution in [0.4, 0.5) is 11.4 Å². The number of nitrogens with one attached hydrogen (secondary N) is 1. The first kappa shape index (κ1) is 10.9. The number of para-hydroxylation sites is 2. The van der Waals surface area contributed by atoms with Crippen molar-refractivity contribution >= 4 is 11.4 Å². The molecule has 0 spiro atoms. The zero-order chi connectivity index (χ0) is 10.8. The van der Waals surface area contributed by atoms with Crippen molar-refractivity contribution in [3.63, 3.8) is 0 Å². The van der Waals surface area contributed by atoms with E-state index in [4.69, 9.17) is 5.73 Å². The van der Waals surface area contributed by atoms with Gasteiger partial charge in [-0.05, 0) is 31.9 Å². The predicted octanol–water partition coefficient (Wildman–Crippen LogP) is 3.12. The van der Waals surface area contributed by atoms with Gasteiger partial charge in [0, 0.05) is 5.54 Å². The van der Waals surface area contributed by atoms with E-state index >= 15 is 0 Å². The van der Waals surface area contributed by atoms with Gasteiger partial charge in [-0.1, -0.05) is 26.0 Å². The van der Waals surface area contributed by atoms with Crippen LogP contribution in [0.1, 0.15) is 27.7 Å². The molecule has 0 saturated heterocycles. The van der Waals surface area contributed by atoms with Crippen LogP contribution in [0, 0.1) is 5.92 Å². The van der Waals surface area contributed by atoms with Crippen LogP contribution in [0.3, 0.4) is 0 Å². The van der Waals surface area contributed by atoms with Gasteiger partial charge in [0.1, 0.15) is 0 Å². The maximum atomic E-state index is 5.87. The summed E-state index contributed by atoms with van der Waals surface area (Å²) in [7, 11) is 0. The van der Waals surface area contributed by atoms with E-state index < -0.39 is 0 Å². The van der Waals surface area contributed by atoms with Gasteiger partial charge < -0.3 is 11.1 Å². The Bertz CT molecular complexity index is 303. The number of rotatable bonds is 3. The van der Waals surface area contributed by atoms with Crippen LogP contribution in [0.25, 0.3) is 0 Å². The molecule has 0 fully saturated rings. The van der Waals surface area contributed by atoms with E-state index in [9.17, 15) is 0 Å². The molecule has 1 aromatic rings. The van der Waals surface area contributed by atoms with Crippen LogP contribution < -0.4 is 11.1 Å². The fraction of sp³-hybridized carbons (Fsp3) is 0.500. The average molecular weight is 192 g/mol. The third kappa shape index (κ3) is 2.41. The molecule has 3 N–H and O–H groups in total. The summed E-state index contributed by atoms with van der Waals surface area (Å²) in [6.07, 6.45) is 0. The van der Waals surface area contributed by atoms with Gasteiger partial charge in [-0.3, -0.25) is 0 Å². The standard InChI is InChI=1S/C12H20N2/c1-9(2)12(3,4)14-11-8-6-5-7-10(11)13/h5-9,14H,13H2,1-4H3. The smallest absolute Gasteiger partial charge is 0.0578 e. The molecule has 78 valence electrons. The molecule has 0 aliphatic heterocycles. The van der Waals surface area contributed by atoms with Crippen molar-refractivity contribution in [1.82, 2.24) is 0 Å². The lowest BCUT2D eigenvalue weighted by atomic mass is 9.90. The molecule has 0 aliphatic rings. The highest BCUT2D eigenvalue weighted by atomic mass is 15.0. The first-order valence-electron chi connectivity index (χ1n) is 5.06. The van der Waals surface area contributed by atoms with Crippen molar-refractivity contribution in [1.29, 1.82) is 0 Å². The summed E-state index contributed by atoms with van der Waals surface area (Å²) in [6.45, 7) is 8.77. The van der Waals surface area contributed by atoms with Crippen LogP contribution in [0.5, 0.6) is 0 Å². The van der Waals surface area contributed by atoms with Crippen molar-refractivity contribution in [2.45, 2.75) is 33.2 Å². The van der Waals surface area contributed by atoms with E-state index in [1.54, 1.807) is 0 Å². The van der Waals surface area contributed by atoms with Crippen molar-refractivity contribution in [3.05, 3.63) is 24.3 Å². The molecule has 0 atom stereocenters. The summed E-state index contributed by atoms with van der Waals surface area (Å²) in [6, 6.07) is 7.87. The van der Waals surface area contributed by atoms with Crippen LogP contribution in [0.15, 0.2) is 24.3 Å². The molecule has 0 amide bonds. The minimum Gasteiger partial charge on any atom is -0.397 e. The summed E-state index contributed by atoms with van der Waals surface area (Å²) >= 11 is 0. The molecular weight excluding hydrogens is 172 g/mol. The third-order valence-electron chi connectivity index (χ3n) is 2.86. The highest BCUT2D eigenvalue weighted by Crippen LogP contribution is 2.25. The molecule has 14 heavy (non-hydrogen) atoms. The van der Waals surface area contributed by atoms with E-state index in [1.165, 1.54) is 0 Å². The Balaban J connectivity index is 2.84. The van der Waals surface area contributed by atoms with Gasteiger partial charge in [0.05, 0.1) is 11.4 Å². The van der Waals surface area contributed by atoms with Crippen LogP contribution in [-0.2, 0) is 0 Å². The van der Waals surface area contributed by atoms with Gasteiger partial charge in [-0.25, -0.2) is 0 Å². The minimum atomic E-state index is 0.0650. The molecule has 0 radical (unpaired) electrons. The Hall–Kier alpha value is -1.18. The Morgan fingerprint density at radius 1 is 1.21 bits per heavy atom. The van der Waals surface area contributed by atoms with Gasteiger partial charge in [0.15, 0.2) is 0 Å². The molecule has 0 saturated carbocycles. The quantitative estimate of drug-likeness (QED) is 0.722. The molecule has 2 heteroatoms. The van der Waals surface area contributed by atoms with Crippen LogP contribution >= 0.6 is 0 Å². The van der Waals surface area contributed by atoms with Crippen molar-refractivity contribution in [3.8, 4) is 0 Å². The van der Waals surface area contributed by atoms with E-state index in [-0.39, 0.29) is 5.54 Å². The molecular formula is C12H20N2. The molecule has 2 nitrogen and oxygen atoms in total. The van der Waals surface area contributed by atoms with E-state index in [0.717, 1.165) is 11.4 Å². The summed E-state index contributed by atoms with van der Waals surface area (Å²) in [5, 5.41) is 3.46. The zero-order valence-corrected chi connectivity index (χ0v) is 9.46. The predicted molar refractivity (Wildman–Crippen MR) is 63.4 cm³/mol. The number of nitrogens with two attached hydrogens (primary N) is 1. The van der Waals surface area contributed by atoms with E-state index in [0.29, 0.717) is 5.92 Å². The Morgan fingerprint density at radius 2 is 1.79 bits per heavy atom. The Labute approximate surface area is 86.5 Å². The second-order valence-electron chi connectivity index (χ2n) is 4.59. The van der Waals surface area contributed by atoms with E-state index in [2.05, 4.69) is 33.0 Å². The largest absolute Gasteiger partial charge is 0.397 e. The Kier molecular flexibility index (Phi) is 3.04. The van der Waals surface area contributed by atoms with Crippen molar-refractivity contribution in [2.24, 2.45) is 5.92 Å². The highest BCUT2D eigenvalue weighted by molar-refractivity contribution is 5.66. The molecule has 1 rings (SSSR count). The normalized spacial score (nSPS) is 11.8. The minimum absolute atomic E-state index is 0.0650. The molecule has 0 heterocycles. The van der Waals surface area contributed by atoms with Crippen LogP contribution in [0.2, 0.25) is 0 Å². The second kappa shape index (κ2) is 3.91. The lowest BCUT2D eigenvalue weighted by Gasteiger charge is -2.32. The first-order chi connectivity index (χ1) is 6.43. The summed E-state index contributed by atoms with van der Waals surface area (Å²) < 4.78 is 0. The first-order valence-corrected chi connectivity index (χ1v) is 5.06. The number of hydrogen-bond acceptors (Lipinski definition) is 2. The number of benzene rings is 1. The zero-order valence-electron chi connectivity index (χ0n) is 9.46. The van der Waals surface area contributed by atoms with Gasteiger partial charge >= 0.3 is 0 Å². The van der Waals surface area contributed by atoms with Gasteiger partial charge in [-0.15, -0.1) is 0 Å². The molecule has 0 aliphatic carbocycles. The summed E-state index contributed by atoms with van der Waals surface area (Å²) in [5.41, 5.74) is 7.76. The Morgan fingerprint density at radius 3 is 2.29 bits per heavy atom. The monoisotopic (exact) mass is 192 g/mol. The number of hydrogen-bond donors (Lipinski definition) is 2. The second-order valence-corrected chi connectivity index (χ2v) is 4.59. The molecule has 0 aromatic heterocycles. The van der Waals surface area contributed by atoms with Gasteiger partial charge in [0.2, 0.25) is 0 Å². The van der Waals surface area contributed by atoms with Gasteiger partial charge in [0.25, 0.3) is 0 Å².